The van der Waals surface area contributed by atoms with E-state index in [9.17, 15) is 18.3 Å². The largest absolute Gasteiger partial charge is 0.393 e. The summed E-state index contributed by atoms with van der Waals surface area (Å²) in [6.45, 7) is 0.770. The number of nitrogens with one attached hydrogen (secondary N) is 2. The van der Waals surface area contributed by atoms with E-state index >= 15 is 0 Å². The van der Waals surface area contributed by atoms with Crippen LogP contribution in [0.4, 0.5) is 30.8 Å². The number of anilines is 3. The summed E-state index contributed by atoms with van der Waals surface area (Å²) in [5, 5.41) is 15.4. The highest BCUT2D eigenvalue weighted by atomic mass is 19.1. The summed E-state index contributed by atoms with van der Waals surface area (Å²) in [7, 11) is 0. The van der Waals surface area contributed by atoms with E-state index in [0.29, 0.717) is 42.9 Å². The molecule has 0 spiro atoms. The fourth-order valence-corrected chi connectivity index (χ4v) is 3.87. The van der Waals surface area contributed by atoms with Gasteiger partial charge in [0.1, 0.15) is 17.0 Å². The van der Waals surface area contributed by atoms with Gasteiger partial charge in [0, 0.05) is 26.1 Å². The zero-order valence-corrected chi connectivity index (χ0v) is 16.9. The van der Waals surface area contributed by atoms with Crippen molar-refractivity contribution < 1.29 is 27.1 Å². The van der Waals surface area contributed by atoms with Crippen molar-refractivity contribution in [2.75, 3.05) is 23.8 Å². The van der Waals surface area contributed by atoms with Gasteiger partial charge in [-0.05, 0) is 32.1 Å². The molecule has 170 valence electrons. The van der Waals surface area contributed by atoms with Gasteiger partial charge in [0.25, 0.3) is 0 Å². The zero-order chi connectivity index (χ0) is 25.0. The van der Waals surface area contributed by atoms with Gasteiger partial charge >= 0.3 is 0 Å². The number of fused-ring (bicyclic) bond motifs is 1. The third kappa shape index (κ3) is 4.09. The third-order valence-electron chi connectivity index (χ3n) is 5.49. The van der Waals surface area contributed by atoms with Crippen LogP contribution in [0.1, 0.15) is 42.2 Å². The number of halogens is 3. The summed E-state index contributed by atoms with van der Waals surface area (Å²) in [5.74, 6) is -3.20. The van der Waals surface area contributed by atoms with Crippen molar-refractivity contribution in [2.45, 2.75) is 50.2 Å². The monoisotopic (exact) mass is 451 g/mol. The molecule has 2 fully saturated rings. The number of rotatable bonds is 5. The van der Waals surface area contributed by atoms with Crippen molar-refractivity contribution in [1.29, 1.82) is 0 Å². The Kier molecular flexibility index (Phi) is 4.71. The van der Waals surface area contributed by atoms with E-state index < -0.39 is 41.6 Å². The molecule has 3 aromatic rings. The predicted molar refractivity (Wildman–Crippen MR) is 111 cm³/mol. The van der Waals surface area contributed by atoms with Crippen LogP contribution in [0.15, 0.2) is 18.3 Å². The Morgan fingerprint density at radius 1 is 1.16 bits per heavy atom. The Hall–Kier alpha value is -2.92. The topological polar surface area (TPSA) is 97.1 Å². The maximum Gasteiger partial charge on any atom is 0.224 e. The van der Waals surface area contributed by atoms with E-state index in [1.807, 2.05) is 0 Å². The number of ether oxygens (including phenoxy) is 1. The van der Waals surface area contributed by atoms with Gasteiger partial charge in [-0.25, -0.2) is 23.1 Å². The Labute approximate surface area is 186 Å². The molecular formula is C21H23F3N6O2. The molecule has 11 heteroatoms. The molecule has 1 aliphatic heterocycles. The highest BCUT2D eigenvalue weighted by Crippen LogP contribution is 2.32. The summed E-state index contributed by atoms with van der Waals surface area (Å²) in [6.07, 6.45) is -1.04. The molecular weight excluding hydrogens is 425 g/mol. The molecule has 5 rings (SSSR count). The second kappa shape index (κ2) is 8.55. The van der Waals surface area contributed by atoms with Crippen molar-refractivity contribution in [3.8, 4) is 0 Å². The smallest absolute Gasteiger partial charge is 0.224 e. The van der Waals surface area contributed by atoms with Gasteiger partial charge in [0.2, 0.25) is 11.9 Å². The van der Waals surface area contributed by atoms with E-state index in [1.165, 1.54) is 6.20 Å². The quantitative estimate of drug-likeness (QED) is 0.545. The summed E-state index contributed by atoms with van der Waals surface area (Å²) in [6, 6.07) is -0.666. The molecule has 2 aromatic heterocycles. The van der Waals surface area contributed by atoms with Gasteiger partial charge < -0.3 is 20.5 Å². The summed E-state index contributed by atoms with van der Waals surface area (Å²) in [4.78, 5) is 13.0. The Balaban J connectivity index is 1.52. The maximum absolute atomic E-state index is 14.3. The fraction of sp³-hybridized carbons (Fsp3) is 0.476. The molecule has 8 nitrogen and oxygen atoms in total. The van der Waals surface area contributed by atoms with Crippen LogP contribution in [0, 0.1) is 17.5 Å². The van der Waals surface area contributed by atoms with Crippen LogP contribution in [-0.4, -0.2) is 49.9 Å². The Bertz CT molecular complexity index is 1250. The minimum Gasteiger partial charge on any atom is -0.393 e. The predicted octanol–water partition coefficient (Wildman–Crippen LogP) is 3.66. The molecule has 32 heavy (non-hydrogen) atoms. The average Bonchev–Trinajstić information content (AvgIpc) is 3.41. The van der Waals surface area contributed by atoms with Crippen LogP contribution < -0.4 is 10.6 Å². The molecule has 1 saturated heterocycles. The van der Waals surface area contributed by atoms with Crippen LogP contribution >= 0.6 is 0 Å². The van der Waals surface area contributed by atoms with Crippen LogP contribution in [0.5, 0.6) is 0 Å². The standard InChI is InChI=1S/C21H23F3N6O2/c22-11-7-15(23)18(16(24)8-11)28-21-27-17-9-25-20(26-12-1-3-14(31)4-2-12)29-19(17)30(21)13-5-6-32-10-13/h7-9,12-14,31H,1-6,10H2,(H,27,28)(H,25,26,29)/i1D,12D,14D. The van der Waals surface area contributed by atoms with E-state index in [1.54, 1.807) is 4.57 Å². The van der Waals surface area contributed by atoms with Gasteiger partial charge in [0.15, 0.2) is 17.3 Å². The van der Waals surface area contributed by atoms with Crippen LogP contribution in [0.25, 0.3) is 11.2 Å². The molecule has 4 atom stereocenters. The first-order valence-corrected chi connectivity index (χ1v) is 10.2. The number of benzene rings is 1. The molecule has 2 aliphatic rings. The van der Waals surface area contributed by atoms with Crippen molar-refractivity contribution in [2.24, 2.45) is 0 Å². The average molecular weight is 451 g/mol. The Morgan fingerprint density at radius 3 is 2.69 bits per heavy atom. The minimum absolute atomic E-state index is 0.0152. The molecule has 0 bridgehead atoms. The highest BCUT2D eigenvalue weighted by molar-refractivity contribution is 5.76. The molecule has 0 amide bonds. The number of aromatic nitrogens is 4. The van der Waals surface area contributed by atoms with E-state index in [2.05, 4.69) is 25.6 Å². The summed E-state index contributed by atoms with van der Waals surface area (Å²) >= 11 is 0. The summed E-state index contributed by atoms with van der Waals surface area (Å²) < 4.78 is 73.7. The molecule has 0 radical (unpaired) electrons. The maximum atomic E-state index is 14.3. The summed E-state index contributed by atoms with van der Waals surface area (Å²) in [5.41, 5.74) is 0.0419. The van der Waals surface area contributed by atoms with Gasteiger partial charge in [-0.2, -0.15) is 4.98 Å². The fourth-order valence-electron chi connectivity index (χ4n) is 3.87. The number of imidazole rings is 1. The van der Waals surface area contributed by atoms with Crippen molar-refractivity contribution in [3.63, 3.8) is 0 Å². The molecule has 1 aromatic carbocycles. The second-order valence-corrected chi connectivity index (χ2v) is 7.72. The molecule has 1 saturated carbocycles. The number of nitrogens with zero attached hydrogens (tertiary/aromatic N) is 4. The van der Waals surface area contributed by atoms with E-state index in [4.69, 9.17) is 8.85 Å². The second-order valence-electron chi connectivity index (χ2n) is 7.72. The lowest BCUT2D eigenvalue weighted by atomic mass is 9.93. The highest BCUT2D eigenvalue weighted by Gasteiger charge is 2.27. The lowest BCUT2D eigenvalue weighted by Gasteiger charge is -2.26. The molecule has 1 aliphatic carbocycles. The van der Waals surface area contributed by atoms with Crippen LogP contribution in [0.3, 0.4) is 0 Å². The normalized spacial score (nSPS) is 31.8. The van der Waals surface area contributed by atoms with Crippen molar-refractivity contribution >= 4 is 28.7 Å². The first kappa shape index (κ1) is 17.6. The SMILES string of the molecule is [2H]C1CC([2H])(O)CCC1([2H])Nc1ncc2nc(Nc3c(F)cc(F)cc3F)n(C3CCOC3)c2n1. The van der Waals surface area contributed by atoms with Gasteiger partial charge in [0.05, 0.1) is 27.7 Å². The Morgan fingerprint density at radius 2 is 1.97 bits per heavy atom. The zero-order valence-electron chi connectivity index (χ0n) is 19.9. The molecule has 3 heterocycles. The molecule has 4 unspecified atom stereocenters. The molecule has 3 N–H and O–H groups in total. The number of hydrogen-bond donors (Lipinski definition) is 3. The third-order valence-corrected chi connectivity index (χ3v) is 5.49. The first-order chi connectivity index (χ1) is 16.5. The first-order valence-electron chi connectivity index (χ1n) is 11.8. The van der Waals surface area contributed by atoms with E-state index in [0.717, 1.165) is 0 Å². The van der Waals surface area contributed by atoms with Crippen LogP contribution in [-0.2, 0) is 4.74 Å². The lowest BCUT2D eigenvalue weighted by Crippen LogP contribution is -2.29. The van der Waals surface area contributed by atoms with Crippen molar-refractivity contribution in [1.82, 2.24) is 19.5 Å². The van der Waals surface area contributed by atoms with Crippen molar-refractivity contribution in [3.05, 3.63) is 35.8 Å². The van der Waals surface area contributed by atoms with Gasteiger partial charge in [-0.3, -0.25) is 4.57 Å². The van der Waals surface area contributed by atoms with Crippen LogP contribution in [0.2, 0.25) is 0 Å². The van der Waals surface area contributed by atoms with Gasteiger partial charge in [-0.1, -0.05) is 0 Å². The minimum atomic E-state index is -1.75. The van der Waals surface area contributed by atoms with Gasteiger partial charge in [-0.15, -0.1) is 0 Å². The number of aliphatic hydroxyl groups is 1. The number of hydrogen-bond acceptors (Lipinski definition) is 7. The lowest BCUT2D eigenvalue weighted by molar-refractivity contribution is 0.126. The van der Waals surface area contributed by atoms with E-state index in [-0.39, 0.29) is 37.2 Å².